The van der Waals surface area contributed by atoms with E-state index < -0.39 is 8.32 Å². The van der Waals surface area contributed by atoms with Gasteiger partial charge >= 0.3 is 0 Å². The molecule has 206 valence electrons. The molecule has 1 unspecified atom stereocenters. The third kappa shape index (κ3) is 4.99. The summed E-state index contributed by atoms with van der Waals surface area (Å²) in [5, 5.41) is 11.7. The summed E-state index contributed by atoms with van der Waals surface area (Å²) in [5.41, 5.74) is 3.75. The topological polar surface area (TPSA) is 29.5 Å². The van der Waals surface area contributed by atoms with E-state index in [1.165, 1.54) is 44.9 Å². The highest BCUT2D eigenvalue weighted by Crippen LogP contribution is 2.66. The molecule has 2 saturated carbocycles. The molecule has 2 fully saturated rings. The lowest BCUT2D eigenvalue weighted by Gasteiger charge is -2.59. The highest BCUT2D eigenvalue weighted by Gasteiger charge is 2.59. The highest BCUT2D eigenvalue weighted by atomic mass is 28.4. The Labute approximate surface area is 224 Å². The predicted octanol–water partition coefficient (Wildman–Crippen LogP) is 9.31. The van der Waals surface area contributed by atoms with E-state index >= 15 is 0 Å². The molecule has 0 aromatic heterocycles. The second-order valence-corrected chi connectivity index (χ2v) is 20.5. The first-order valence-electron chi connectivity index (χ1n) is 15.4. The molecule has 0 heterocycles. The van der Waals surface area contributed by atoms with E-state index in [2.05, 4.69) is 80.6 Å². The molecular weight excluding hydrogens is 456 g/mol. The number of rotatable bonds is 7. The molecule has 8 atom stereocenters. The Morgan fingerprint density at radius 3 is 2.36 bits per heavy atom. The number of hydrogen-bond acceptors (Lipinski definition) is 2. The Morgan fingerprint density at radius 1 is 1.06 bits per heavy atom. The van der Waals surface area contributed by atoms with Crippen LogP contribution < -0.4 is 0 Å². The van der Waals surface area contributed by atoms with E-state index in [4.69, 9.17) is 4.43 Å². The maximum Gasteiger partial charge on any atom is 0.192 e. The second-order valence-electron chi connectivity index (χ2n) is 15.7. The third-order valence-corrected chi connectivity index (χ3v) is 16.4. The largest absolute Gasteiger partial charge is 0.414 e. The minimum Gasteiger partial charge on any atom is -0.414 e. The van der Waals surface area contributed by atoms with Crippen molar-refractivity contribution in [1.29, 1.82) is 0 Å². The van der Waals surface area contributed by atoms with Gasteiger partial charge in [0.05, 0.1) is 6.10 Å². The smallest absolute Gasteiger partial charge is 0.192 e. The van der Waals surface area contributed by atoms with E-state index in [1.54, 1.807) is 11.1 Å². The molecule has 36 heavy (non-hydrogen) atoms. The van der Waals surface area contributed by atoms with Gasteiger partial charge in [-0.2, -0.15) is 0 Å². The first-order chi connectivity index (χ1) is 16.6. The van der Waals surface area contributed by atoms with Gasteiger partial charge in [0.1, 0.15) is 0 Å². The molecular formula is C33H58O2Si. The second kappa shape index (κ2) is 9.98. The van der Waals surface area contributed by atoms with Crippen LogP contribution in [0, 0.1) is 40.4 Å². The summed E-state index contributed by atoms with van der Waals surface area (Å²) in [6, 6.07) is 0. The summed E-state index contributed by atoms with van der Waals surface area (Å²) in [6.45, 7) is 24.1. The molecule has 1 N–H and O–H groups in total. The van der Waals surface area contributed by atoms with Crippen LogP contribution in [0.15, 0.2) is 23.3 Å². The van der Waals surface area contributed by atoms with Crippen LogP contribution in [0.5, 0.6) is 0 Å². The minimum absolute atomic E-state index is 0.183. The monoisotopic (exact) mass is 514 g/mol. The van der Waals surface area contributed by atoms with Crippen molar-refractivity contribution in [3.63, 3.8) is 0 Å². The van der Waals surface area contributed by atoms with Crippen molar-refractivity contribution in [3.05, 3.63) is 23.3 Å². The number of aliphatic hydroxyl groups is 1. The standard InChI is InChI=1S/C33H58O2Si/c1-22(2)12-11-13-23(3)28-21-29(34)30-26-15-14-24-20-25(35-36(9,10)31(4,5)6)16-18-32(24,7)27(26)17-19-33(28,30)8/h14,21-23,25-27,29-30,34H,11-13,15-20H2,1-10H3/t23-,25-,26+,27-,29+,30?,32-,33+/m0/s1. The predicted molar refractivity (Wildman–Crippen MR) is 156 cm³/mol. The van der Waals surface area contributed by atoms with Crippen molar-refractivity contribution in [2.24, 2.45) is 40.4 Å². The van der Waals surface area contributed by atoms with E-state index in [0.29, 0.717) is 35.2 Å². The lowest BCUT2D eigenvalue weighted by Crippen LogP contribution is -2.53. The summed E-state index contributed by atoms with van der Waals surface area (Å²) < 4.78 is 6.91. The molecule has 0 aromatic rings. The summed E-state index contributed by atoms with van der Waals surface area (Å²) in [5.74, 6) is 3.10. The van der Waals surface area contributed by atoms with Crippen LogP contribution in [0.2, 0.25) is 18.1 Å². The average molecular weight is 515 g/mol. The Hall–Kier alpha value is -0.383. The van der Waals surface area contributed by atoms with E-state index in [0.717, 1.165) is 18.8 Å². The summed E-state index contributed by atoms with van der Waals surface area (Å²) >= 11 is 0. The van der Waals surface area contributed by atoms with Crippen molar-refractivity contribution in [1.82, 2.24) is 0 Å². The Balaban J connectivity index is 1.49. The number of hydrogen-bond donors (Lipinski definition) is 1. The fourth-order valence-corrected chi connectivity index (χ4v) is 10.1. The van der Waals surface area contributed by atoms with Gasteiger partial charge in [0.15, 0.2) is 8.32 Å². The van der Waals surface area contributed by atoms with E-state index in [9.17, 15) is 5.11 Å². The minimum atomic E-state index is -1.75. The summed E-state index contributed by atoms with van der Waals surface area (Å²) in [4.78, 5) is 0. The molecule has 0 radical (unpaired) electrons. The third-order valence-electron chi connectivity index (χ3n) is 11.9. The van der Waals surface area contributed by atoms with Gasteiger partial charge in [-0.15, -0.1) is 0 Å². The molecule has 4 aliphatic rings. The molecule has 0 saturated heterocycles. The molecule has 0 amide bonds. The van der Waals surface area contributed by atoms with Crippen LogP contribution in [0.4, 0.5) is 0 Å². The summed E-state index contributed by atoms with van der Waals surface area (Å²) in [7, 11) is -1.75. The van der Waals surface area contributed by atoms with Gasteiger partial charge in [0, 0.05) is 12.0 Å². The normalized spacial score (nSPS) is 39.7. The summed E-state index contributed by atoms with van der Waals surface area (Å²) in [6.07, 6.45) is 16.3. The molecule has 4 rings (SSSR count). The van der Waals surface area contributed by atoms with Crippen molar-refractivity contribution < 1.29 is 9.53 Å². The van der Waals surface area contributed by atoms with Crippen LogP contribution in [-0.2, 0) is 4.43 Å². The molecule has 0 bridgehead atoms. The quantitative estimate of drug-likeness (QED) is 0.271. The van der Waals surface area contributed by atoms with Gasteiger partial charge in [0.25, 0.3) is 0 Å². The Morgan fingerprint density at radius 2 is 1.72 bits per heavy atom. The maximum absolute atomic E-state index is 11.5. The zero-order chi connectivity index (χ0) is 26.7. The van der Waals surface area contributed by atoms with Gasteiger partial charge in [-0.1, -0.05) is 91.5 Å². The van der Waals surface area contributed by atoms with Crippen LogP contribution in [-0.4, -0.2) is 25.6 Å². The zero-order valence-electron chi connectivity index (χ0n) is 25.4. The number of allylic oxidation sites excluding steroid dienone is 2. The van der Waals surface area contributed by atoms with Crippen molar-refractivity contribution in [2.75, 3.05) is 0 Å². The molecule has 4 aliphatic carbocycles. The number of fused-ring (bicyclic) bond motifs is 5. The lowest BCUT2D eigenvalue weighted by molar-refractivity contribution is -0.0640. The average Bonchev–Trinajstić information content (AvgIpc) is 3.03. The molecule has 0 aliphatic heterocycles. The molecule has 0 aromatic carbocycles. The number of aliphatic hydroxyl groups excluding tert-OH is 1. The zero-order valence-corrected chi connectivity index (χ0v) is 26.4. The molecule has 0 spiro atoms. The van der Waals surface area contributed by atoms with Crippen molar-refractivity contribution in [3.8, 4) is 0 Å². The van der Waals surface area contributed by atoms with E-state index in [1.807, 2.05) is 0 Å². The van der Waals surface area contributed by atoms with E-state index in [-0.39, 0.29) is 16.6 Å². The van der Waals surface area contributed by atoms with Gasteiger partial charge in [-0.05, 0) is 97.6 Å². The first-order valence-corrected chi connectivity index (χ1v) is 18.3. The van der Waals surface area contributed by atoms with Crippen LogP contribution in [0.25, 0.3) is 0 Å². The van der Waals surface area contributed by atoms with Crippen LogP contribution >= 0.6 is 0 Å². The van der Waals surface area contributed by atoms with Crippen LogP contribution in [0.3, 0.4) is 0 Å². The first kappa shape index (κ1) is 28.6. The van der Waals surface area contributed by atoms with Gasteiger partial charge < -0.3 is 9.53 Å². The molecule has 2 nitrogen and oxygen atoms in total. The maximum atomic E-state index is 11.5. The highest BCUT2D eigenvalue weighted by molar-refractivity contribution is 6.74. The van der Waals surface area contributed by atoms with Crippen molar-refractivity contribution >= 4 is 8.32 Å². The van der Waals surface area contributed by atoms with Gasteiger partial charge in [0.2, 0.25) is 0 Å². The van der Waals surface area contributed by atoms with Crippen molar-refractivity contribution in [2.45, 2.75) is 144 Å². The Kier molecular flexibility index (Phi) is 7.93. The Bertz CT molecular complexity index is 863. The van der Waals surface area contributed by atoms with Gasteiger partial charge in [-0.25, -0.2) is 0 Å². The fourth-order valence-electron chi connectivity index (χ4n) is 8.73. The lowest BCUT2D eigenvalue weighted by atomic mass is 9.47. The molecule has 3 heteroatoms. The van der Waals surface area contributed by atoms with Crippen LogP contribution in [0.1, 0.15) is 113 Å². The van der Waals surface area contributed by atoms with Gasteiger partial charge in [-0.3, -0.25) is 0 Å². The SMILES string of the molecule is CC(C)CCC[C@H](C)C1=C[C@@H](O)C2[C@@H]3CC=C4C[C@@H](O[Si](C)(C)C(C)(C)C)CC[C@]4(C)[C@H]3CC[C@]12C. The fraction of sp³-hybridized carbons (Fsp3) is 0.879.